The van der Waals surface area contributed by atoms with Gasteiger partial charge in [0.1, 0.15) is 6.04 Å². The molecule has 1 N–H and O–H groups in total. The van der Waals surface area contributed by atoms with Gasteiger partial charge in [-0.05, 0) is 61.6 Å². The predicted molar refractivity (Wildman–Crippen MR) is 111 cm³/mol. The normalized spacial score (nSPS) is 16.6. The van der Waals surface area contributed by atoms with Gasteiger partial charge in [0, 0.05) is 23.5 Å². The Hall–Kier alpha value is -0.430. The minimum absolute atomic E-state index is 0.0573. The summed E-state index contributed by atoms with van der Waals surface area (Å²) < 4.78 is 28.4. The quantitative estimate of drug-likeness (QED) is 0.485. The van der Waals surface area contributed by atoms with E-state index in [1.807, 2.05) is 17.7 Å². The molecule has 0 saturated carbocycles. The van der Waals surface area contributed by atoms with Gasteiger partial charge in [0.15, 0.2) is 0 Å². The summed E-state index contributed by atoms with van der Waals surface area (Å²) in [6.45, 7) is 0. The monoisotopic (exact) mass is 468 g/mol. The van der Waals surface area contributed by atoms with E-state index in [0.29, 0.717) is 10.7 Å². The highest BCUT2D eigenvalue weighted by molar-refractivity contribution is 7.89. The highest BCUT2D eigenvalue weighted by Crippen LogP contribution is 2.42. The summed E-state index contributed by atoms with van der Waals surface area (Å²) in [5.74, 6) is 0. The van der Waals surface area contributed by atoms with E-state index >= 15 is 0 Å². The molecule has 0 bridgehead atoms. The summed E-state index contributed by atoms with van der Waals surface area (Å²) in [6.07, 6.45) is 5.26. The lowest BCUT2D eigenvalue weighted by Crippen LogP contribution is -2.37. The van der Waals surface area contributed by atoms with Gasteiger partial charge in [-0.3, -0.25) is 0 Å². The summed E-state index contributed by atoms with van der Waals surface area (Å²) in [4.78, 5) is 0.0573. The maximum absolute atomic E-state index is 12.8. The fraction of sp³-hybridized carbons (Fsp3) is 0.444. The van der Waals surface area contributed by atoms with Crippen LogP contribution in [0, 0.1) is 0 Å². The van der Waals surface area contributed by atoms with E-state index in [4.69, 9.17) is 46.4 Å². The maximum atomic E-state index is 12.8. The zero-order valence-corrected chi connectivity index (χ0v) is 18.5. The molecule has 0 amide bonds. The number of fused-ring (bicyclic) bond motifs is 1. The molecule has 3 rings (SSSR count). The number of nitrogens with one attached hydrogen (secondary N) is 1. The minimum Gasteiger partial charge on any atom is -0.350 e. The smallest absolute Gasteiger partial charge is 0.241 e. The standard InChI is InChI=1S/C18H20Cl4N2O2S/c1-24-15-6-4-2-3-5-12(15)11-16(24)17(18(20,21)22)23-27(25,26)14-9-7-13(19)8-10-14/h7-11,17,23H,2-6H2,1H3. The van der Waals surface area contributed by atoms with Gasteiger partial charge in [0.25, 0.3) is 0 Å². The fourth-order valence-electron chi connectivity index (χ4n) is 3.47. The molecule has 0 fully saturated rings. The number of alkyl halides is 3. The van der Waals surface area contributed by atoms with E-state index in [-0.39, 0.29) is 4.90 Å². The first-order valence-corrected chi connectivity index (χ1v) is 11.6. The number of benzene rings is 1. The molecule has 1 aliphatic carbocycles. The Morgan fingerprint density at radius 3 is 2.33 bits per heavy atom. The van der Waals surface area contributed by atoms with E-state index in [0.717, 1.165) is 25.7 Å². The van der Waals surface area contributed by atoms with Gasteiger partial charge >= 0.3 is 0 Å². The van der Waals surface area contributed by atoms with Crippen LogP contribution in [0.15, 0.2) is 35.2 Å². The molecule has 27 heavy (non-hydrogen) atoms. The van der Waals surface area contributed by atoms with Crippen LogP contribution in [0.25, 0.3) is 0 Å². The number of hydrogen-bond acceptors (Lipinski definition) is 2. The van der Waals surface area contributed by atoms with Crippen LogP contribution in [0.4, 0.5) is 0 Å². The van der Waals surface area contributed by atoms with Crippen LogP contribution in [0.2, 0.25) is 5.02 Å². The number of nitrogens with zero attached hydrogens (tertiary/aromatic N) is 1. The molecular weight excluding hydrogens is 450 g/mol. The predicted octanol–water partition coefficient (Wildman–Crippen LogP) is 5.34. The van der Waals surface area contributed by atoms with E-state index < -0.39 is 19.9 Å². The van der Waals surface area contributed by atoms with E-state index in [2.05, 4.69) is 4.72 Å². The topological polar surface area (TPSA) is 51.1 Å². The molecule has 9 heteroatoms. The van der Waals surface area contributed by atoms with Crippen molar-refractivity contribution >= 4 is 56.4 Å². The molecule has 0 saturated heterocycles. The summed E-state index contributed by atoms with van der Waals surface area (Å²) in [5.41, 5.74) is 3.00. The van der Waals surface area contributed by atoms with Crippen molar-refractivity contribution in [3.63, 3.8) is 0 Å². The summed E-state index contributed by atoms with van der Waals surface area (Å²) in [6, 6.07) is 6.77. The van der Waals surface area contributed by atoms with Gasteiger partial charge < -0.3 is 4.57 Å². The third kappa shape index (κ3) is 4.77. The Bertz CT molecular complexity index is 918. The van der Waals surface area contributed by atoms with Crippen molar-refractivity contribution < 1.29 is 8.42 Å². The maximum Gasteiger partial charge on any atom is 0.241 e. The van der Waals surface area contributed by atoms with Crippen LogP contribution in [0.5, 0.6) is 0 Å². The molecule has 0 spiro atoms. The second-order valence-corrected chi connectivity index (χ2v) is 11.2. The van der Waals surface area contributed by atoms with Crippen LogP contribution in [-0.2, 0) is 29.9 Å². The van der Waals surface area contributed by atoms with Crippen molar-refractivity contribution in [1.82, 2.24) is 9.29 Å². The lowest BCUT2D eigenvalue weighted by atomic mass is 10.1. The lowest BCUT2D eigenvalue weighted by molar-refractivity contribution is 0.544. The molecule has 0 radical (unpaired) electrons. The van der Waals surface area contributed by atoms with Crippen LogP contribution >= 0.6 is 46.4 Å². The van der Waals surface area contributed by atoms with Gasteiger partial charge in [-0.1, -0.05) is 52.8 Å². The molecule has 1 heterocycles. The molecule has 1 aliphatic rings. The number of halogens is 4. The highest BCUT2D eigenvalue weighted by atomic mass is 35.6. The molecule has 148 valence electrons. The molecule has 2 aromatic rings. The van der Waals surface area contributed by atoms with Crippen molar-refractivity contribution in [3.8, 4) is 0 Å². The fourth-order valence-corrected chi connectivity index (χ4v) is 5.53. The van der Waals surface area contributed by atoms with E-state index in [1.165, 1.54) is 41.9 Å². The van der Waals surface area contributed by atoms with Gasteiger partial charge in [-0.25, -0.2) is 8.42 Å². The molecule has 1 unspecified atom stereocenters. The number of rotatable bonds is 4. The summed E-state index contributed by atoms with van der Waals surface area (Å²) in [5, 5.41) is 0.443. The highest BCUT2D eigenvalue weighted by Gasteiger charge is 2.39. The zero-order chi connectivity index (χ0) is 19.8. The van der Waals surface area contributed by atoms with Crippen molar-refractivity contribution in [1.29, 1.82) is 0 Å². The number of aryl methyl sites for hydroxylation is 1. The molecular formula is C18H20Cl4N2O2S. The second-order valence-electron chi connectivity index (χ2n) is 6.71. The molecule has 0 aliphatic heterocycles. The van der Waals surface area contributed by atoms with Crippen molar-refractivity contribution in [2.75, 3.05) is 0 Å². The largest absolute Gasteiger partial charge is 0.350 e. The summed E-state index contributed by atoms with van der Waals surface area (Å²) in [7, 11) is -2.02. The van der Waals surface area contributed by atoms with Gasteiger partial charge in [-0.15, -0.1) is 0 Å². The first-order chi connectivity index (χ1) is 12.6. The van der Waals surface area contributed by atoms with Crippen molar-refractivity contribution in [3.05, 3.63) is 52.3 Å². The molecule has 1 aromatic heterocycles. The second kappa shape index (κ2) is 8.13. The number of hydrogen-bond donors (Lipinski definition) is 1. The molecule has 4 nitrogen and oxygen atoms in total. The molecule has 1 atom stereocenters. The Labute approximate surface area is 179 Å². The van der Waals surface area contributed by atoms with Crippen LogP contribution in [0.1, 0.15) is 42.3 Å². The molecule has 1 aromatic carbocycles. The SMILES string of the molecule is Cn1c(C(NS(=O)(=O)c2ccc(Cl)cc2)C(Cl)(Cl)Cl)cc2c1CCCCC2. The third-order valence-electron chi connectivity index (χ3n) is 4.86. The Morgan fingerprint density at radius 1 is 1.07 bits per heavy atom. The Morgan fingerprint density at radius 2 is 1.70 bits per heavy atom. The Kier molecular flexibility index (Phi) is 6.41. The van der Waals surface area contributed by atoms with E-state index in [1.54, 1.807) is 0 Å². The van der Waals surface area contributed by atoms with Gasteiger partial charge in [-0.2, -0.15) is 4.72 Å². The van der Waals surface area contributed by atoms with Crippen LogP contribution < -0.4 is 4.72 Å². The van der Waals surface area contributed by atoms with Crippen LogP contribution in [-0.4, -0.2) is 16.8 Å². The first-order valence-electron chi connectivity index (χ1n) is 8.61. The minimum atomic E-state index is -3.91. The lowest BCUT2D eigenvalue weighted by Gasteiger charge is -2.26. The average molecular weight is 470 g/mol. The van der Waals surface area contributed by atoms with Crippen molar-refractivity contribution in [2.45, 2.75) is 46.8 Å². The summed E-state index contributed by atoms with van der Waals surface area (Å²) >= 11 is 24.4. The van der Waals surface area contributed by atoms with Crippen molar-refractivity contribution in [2.24, 2.45) is 7.05 Å². The Balaban J connectivity index is 2.00. The van der Waals surface area contributed by atoms with Crippen LogP contribution in [0.3, 0.4) is 0 Å². The first kappa shape index (κ1) is 21.3. The number of sulfonamides is 1. The third-order valence-corrected chi connectivity index (χ3v) is 7.21. The van der Waals surface area contributed by atoms with E-state index in [9.17, 15) is 8.42 Å². The zero-order valence-electron chi connectivity index (χ0n) is 14.7. The average Bonchev–Trinajstić information content (AvgIpc) is 2.75. The van der Waals surface area contributed by atoms with Gasteiger partial charge in [0.05, 0.1) is 4.90 Å². The number of aromatic nitrogens is 1. The van der Waals surface area contributed by atoms with Gasteiger partial charge in [0.2, 0.25) is 13.8 Å².